The summed E-state index contributed by atoms with van der Waals surface area (Å²) in [5, 5.41) is 7.95. The van der Waals surface area contributed by atoms with Gasteiger partial charge in [-0.1, -0.05) is 47.3 Å². The van der Waals surface area contributed by atoms with Crippen LogP contribution in [0.3, 0.4) is 0 Å². The number of Topliss-reactive ketones (excluding diaryl/α,β-unsaturated/α-hetero) is 2. The minimum Gasteiger partial charge on any atom is -0.298 e. The fourth-order valence-corrected chi connectivity index (χ4v) is 3.19. The molecule has 0 fully saturated rings. The van der Waals surface area contributed by atoms with E-state index in [1.54, 1.807) is 4.68 Å². The Morgan fingerprint density at radius 3 is 2.50 bits per heavy atom. The molecule has 24 heavy (non-hydrogen) atoms. The van der Waals surface area contributed by atoms with Crippen LogP contribution >= 0.6 is 11.8 Å². The van der Waals surface area contributed by atoms with Crippen molar-refractivity contribution in [2.45, 2.75) is 30.7 Å². The van der Waals surface area contributed by atoms with Crippen molar-refractivity contribution >= 4 is 34.5 Å². The first-order chi connectivity index (χ1) is 11.6. The summed E-state index contributed by atoms with van der Waals surface area (Å²) in [6, 6.07) is 9.84. The number of carbonyl (C=O) groups is 2. The zero-order valence-electron chi connectivity index (χ0n) is 13.2. The minimum atomic E-state index is -0.789. The van der Waals surface area contributed by atoms with E-state index in [-0.39, 0.29) is 11.6 Å². The van der Waals surface area contributed by atoms with Crippen LogP contribution in [0.1, 0.15) is 19.4 Å². The highest BCUT2D eigenvalue weighted by molar-refractivity contribution is 8.01. The van der Waals surface area contributed by atoms with E-state index in [2.05, 4.69) is 20.3 Å². The molecule has 0 spiro atoms. The van der Waals surface area contributed by atoms with Crippen molar-refractivity contribution in [3.63, 3.8) is 0 Å². The van der Waals surface area contributed by atoms with Gasteiger partial charge in [0.25, 0.3) is 0 Å². The molecule has 1 aromatic carbocycles. The molecule has 0 aliphatic heterocycles. The average molecular weight is 341 g/mol. The number of nitrogens with zero attached hydrogens (tertiary/aromatic N) is 5. The van der Waals surface area contributed by atoms with Gasteiger partial charge in [0.1, 0.15) is 16.6 Å². The van der Waals surface area contributed by atoms with Gasteiger partial charge in [0.15, 0.2) is 22.7 Å². The SMILES string of the molecule is CC(=O)C(Sc1ncnc2c1nnn2Cc1ccccc1)C(C)=O. The van der Waals surface area contributed by atoms with Crippen LogP contribution < -0.4 is 0 Å². The molecule has 0 aliphatic carbocycles. The van der Waals surface area contributed by atoms with Gasteiger partial charge in [-0.25, -0.2) is 14.6 Å². The molecule has 0 saturated carbocycles. The number of hydrogen-bond acceptors (Lipinski definition) is 7. The van der Waals surface area contributed by atoms with Gasteiger partial charge < -0.3 is 0 Å². The number of rotatable bonds is 6. The lowest BCUT2D eigenvalue weighted by molar-refractivity contribution is -0.123. The van der Waals surface area contributed by atoms with Crippen molar-refractivity contribution in [1.29, 1.82) is 0 Å². The fraction of sp³-hybridized carbons (Fsp3) is 0.250. The third kappa shape index (κ3) is 3.33. The molecular weight excluding hydrogens is 326 g/mol. The Labute approximate surface area is 142 Å². The van der Waals surface area contributed by atoms with E-state index < -0.39 is 5.25 Å². The number of ketones is 2. The Bertz CT molecular complexity index is 880. The van der Waals surface area contributed by atoms with E-state index in [0.29, 0.717) is 22.7 Å². The zero-order chi connectivity index (χ0) is 17.1. The topological polar surface area (TPSA) is 90.6 Å². The van der Waals surface area contributed by atoms with Crippen LogP contribution in [0.15, 0.2) is 41.7 Å². The lowest BCUT2D eigenvalue weighted by atomic mass is 10.2. The maximum absolute atomic E-state index is 11.6. The normalized spacial score (nSPS) is 11.1. The molecule has 0 saturated heterocycles. The zero-order valence-corrected chi connectivity index (χ0v) is 14.0. The van der Waals surface area contributed by atoms with Gasteiger partial charge in [0.05, 0.1) is 6.54 Å². The number of hydrogen-bond donors (Lipinski definition) is 0. The Balaban J connectivity index is 1.94. The molecule has 3 aromatic rings. The maximum atomic E-state index is 11.6. The monoisotopic (exact) mass is 341 g/mol. The summed E-state index contributed by atoms with van der Waals surface area (Å²) in [6.45, 7) is 3.31. The summed E-state index contributed by atoms with van der Waals surface area (Å²) in [5.41, 5.74) is 2.13. The Morgan fingerprint density at radius 1 is 1.12 bits per heavy atom. The van der Waals surface area contributed by atoms with E-state index in [1.807, 2.05) is 30.3 Å². The molecule has 2 aromatic heterocycles. The highest BCUT2D eigenvalue weighted by Crippen LogP contribution is 2.27. The highest BCUT2D eigenvalue weighted by Gasteiger charge is 2.24. The quantitative estimate of drug-likeness (QED) is 0.384. The molecule has 0 amide bonds. The lowest BCUT2D eigenvalue weighted by Crippen LogP contribution is -2.22. The van der Waals surface area contributed by atoms with Crippen molar-refractivity contribution < 1.29 is 9.59 Å². The summed E-state index contributed by atoms with van der Waals surface area (Å²) in [6.07, 6.45) is 1.40. The molecule has 0 unspecified atom stereocenters. The molecule has 7 nitrogen and oxygen atoms in total. The minimum absolute atomic E-state index is 0.212. The van der Waals surface area contributed by atoms with Crippen molar-refractivity contribution in [1.82, 2.24) is 25.0 Å². The van der Waals surface area contributed by atoms with Crippen molar-refractivity contribution in [2.24, 2.45) is 0 Å². The predicted molar refractivity (Wildman–Crippen MR) is 89.7 cm³/mol. The predicted octanol–water partition coefficient (Wildman–Crippen LogP) is 1.91. The first-order valence-corrected chi connectivity index (χ1v) is 8.20. The molecule has 2 heterocycles. The first kappa shape index (κ1) is 16.3. The molecule has 0 bridgehead atoms. The summed E-state index contributed by atoms with van der Waals surface area (Å²) in [5.74, 6) is -0.424. The molecule has 0 aliphatic rings. The van der Waals surface area contributed by atoms with Gasteiger partial charge in [0, 0.05) is 0 Å². The number of benzene rings is 1. The number of thioether (sulfide) groups is 1. The third-order valence-electron chi connectivity index (χ3n) is 3.41. The van der Waals surface area contributed by atoms with Crippen molar-refractivity contribution in [2.75, 3.05) is 0 Å². The molecule has 3 rings (SSSR count). The van der Waals surface area contributed by atoms with Crippen LogP contribution in [0.5, 0.6) is 0 Å². The van der Waals surface area contributed by atoms with Gasteiger partial charge >= 0.3 is 0 Å². The van der Waals surface area contributed by atoms with Gasteiger partial charge in [-0.3, -0.25) is 9.59 Å². The van der Waals surface area contributed by atoms with Crippen LogP contribution in [-0.2, 0) is 16.1 Å². The molecule has 8 heteroatoms. The molecule has 0 radical (unpaired) electrons. The molecule has 0 atom stereocenters. The van der Waals surface area contributed by atoms with Crippen molar-refractivity contribution in [3.8, 4) is 0 Å². The number of fused-ring (bicyclic) bond motifs is 1. The summed E-state index contributed by atoms with van der Waals surface area (Å²) >= 11 is 1.09. The van der Waals surface area contributed by atoms with Gasteiger partial charge in [-0.2, -0.15) is 0 Å². The Hall–Kier alpha value is -2.61. The largest absolute Gasteiger partial charge is 0.298 e. The maximum Gasteiger partial charge on any atom is 0.183 e. The van der Waals surface area contributed by atoms with Crippen LogP contribution in [0.25, 0.3) is 11.2 Å². The summed E-state index contributed by atoms with van der Waals surface area (Å²) in [4.78, 5) is 31.7. The van der Waals surface area contributed by atoms with E-state index in [1.165, 1.54) is 20.2 Å². The summed E-state index contributed by atoms with van der Waals surface area (Å²) < 4.78 is 1.67. The smallest absolute Gasteiger partial charge is 0.183 e. The van der Waals surface area contributed by atoms with E-state index in [4.69, 9.17) is 0 Å². The van der Waals surface area contributed by atoms with Gasteiger partial charge in [0.2, 0.25) is 0 Å². The van der Waals surface area contributed by atoms with Crippen molar-refractivity contribution in [3.05, 3.63) is 42.2 Å². The third-order valence-corrected chi connectivity index (χ3v) is 4.83. The average Bonchev–Trinajstić information content (AvgIpc) is 2.97. The fourth-order valence-electron chi connectivity index (χ4n) is 2.28. The van der Waals surface area contributed by atoms with E-state index >= 15 is 0 Å². The second-order valence-corrected chi connectivity index (χ2v) is 6.40. The molecular formula is C16H15N5O2S. The second kappa shape index (κ2) is 6.88. The van der Waals surface area contributed by atoms with E-state index in [9.17, 15) is 9.59 Å². The Morgan fingerprint density at radius 2 is 1.83 bits per heavy atom. The molecule has 122 valence electrons. The van der Waals surface area contributed by atoms with Crippen LogP contribution in [0.4, 0.5) is 0 Å². The molecule has 0 N–H and O–H groups in total. The standard InChI is InChI=1S/C16H15N5O2S/c1-10(22)14(11(2)23)24-16-13-15(17-9-18-16)21(20-19-13)8-12-6-4-3-5-7-12/h3-7,9,14H,8H2,1-2H3. The number of carbonyl (C=O) groups excluding carboxylic acids is 2. The van der Waals surface area contributed by atoms with Crippen LogP contribution in [-0.4, -0.2) is 41.8 Å². The van der Waals surface area contributed by atoms with Crippen LogP contribution in [0.2, 0.25) is 0 Å². The first-order valence-electron chi connectivity index (χ1n) is 7.32. The lowest BCUT2D eigenvalue weighted by Gasteiger charge is -2.08. The van der Waals surface area contributed by atoms with Gasteiger partial charge in [-0.05, 0) is 19.4 Å². The highest BCUT2D eigenvalue weighted by atomic mass is 32.2. The van der Waals surface area contributed by atoms with Gasteiger partial charge in [-0.15, -0.1) is 5.10 Å². The Kier molecular flexibility index (Phi) is 4.66. The number of aromatic nitrogens is 5. The van der Waals surface area contributed by atoms with Crippen LogP contribution in [0, 0.1) is 0 Å². The summed E-state index contributed by atoms with van der Waals surface area (Å²) in [7, 11) is 0. The second-order valence-electron chi connectivity index (χ2n) is 5.30. The van der Waals surface area contributed by atoms with E-state index in [0.717, 1.165) is 17.3 Å².